The van der Waals surface area contributed by atoms with Gasteiger partial charge in [0.2, 0.25) is 0 Å². The summed E-state index contributed by atoms with van der Waals surface area (Å²) in [5.41, 5.74) is 12.0. The van der Waals surface area contributed by atoms with Crippen LogP contribution in [0.2, 0.25) is 0 Å². The van der Waals surface area contributed by atoms with Gasteiger partial charge in [0.25, 0.3) is 0 Å². The third-order valence-electron chi connectivity index (χ3n) is 10.9. The third-order valence-corrected chi connectivity index (χ3v) is 12.0. The van der Waals surface area contributed by atoms with Gasteiger partial charge in [0, 0.05) is 47.8 Å². The van der Waals surface area contributed by atoms with E-state index in [1.165, 1.54) is 47.6 Å². The highest BCUT2D eigenvalue weighted by molar-refractivity contribution is 7.25. The first kappa shape index (κ1) is 31.6. The minimum absolute atomic E-state index is 0.884. The Balaban J connectivity index is 1.15. The Kier molecular flexibility index (Phi) is 7.39. The van der Waals surface area contributed by atoms with Gasteiger partial charge in [0.1, 0.15) is 11.2 Å². The van der Waals surface area contributed by atoms with E-state index >= 15 is 0 Å². The zero-order valence-electron chi connectivity index (χ0n) is 29.8. The van der Waals surface area contributed by atoms with Crippen LogP contribution < -0.4 is 4.90 Å². The van der Waals surface area contributed by atoms with Crippen molar-refractivity contribution in [1.29, 1.82) is 0 Å². The van der Waals surface area contributed by atoms with Crippen molar-refractivity contribution in [3.63, 3.8) is 0 Å². The maximum Gasteiger partial charge on any atom is 0.136 e. The first-order valence-electron chi connectivity index (χ1n) is 18.7. The molecule has 0 atom stereocenters. The lowest BCUT2D eigenvalue weighted by molar-refractivity contribution is 0.669. The number of furan rings is 1. The van der Waals surface area contributed by atoms with Gasteiger partial charge in [0.15, 0.2) is 0 Å². The van der Waals surface area contributed by atoms with E-state index in [0.717, 1.165) is 55.7 Å². The molecule has 0 aliphatic carbocycles. The van der Waals surface area contributed by atoms with E-state index in [2.05, 4.69) is 199 Å². The Morgan fingerprint density at radius 1 is 0.364 bits per heavy atom. The van der Waals surface area contributed by atoms with Gasteiger partial charge in [-0.3, -0.25) is 0 Å². The van der Waals surface area contributed by atoms with Crippen LogP contribution in [0.4, 0.5) is 17.1 Å². The predicted octanol–water partition coefficient (Wildman–Crippen LogP) is 15.6. The lowest BCUT2D eigenvalue weighted by Crippen LogP contribution is -2.12. The smallest absolute Gasteiger partial charge is 0.136 e. The summed E-state index contributed by atoms with van der Waals surface area (Å²) in [7, 11) is 0. The molecule has 0 saturated carbocycles. The predicted molar refractivity (Wildman–Crippen MR) is 235 cm³/mol. The molecule has 0 bridgehead atoms. The number of anilines is 3. The van der Waals surface area contributed by atoms with Crippen LogP contribution in [0.25, 0.3) is 86.3 Å². The first-order chi connectivity index (χ1) is 27.3. The van der Waals surface area contributed by atoms with Gasteiger partial charge in [-0.1, -0.05) is 146 Å². The van der Waals surface area contributed by atoms with Crippen molar-refractivity contribution in [3.8, 4) is 33.4 Å². The zero-order chi connectivity index (χ0) is 36.3. The molecule has 2 heterocycles. The van der Waals surface area contributed by atoms with Crippen molar-refractivity contribution in [2.75, 3.05) is 4.90 Å². The number of fused-ring (bicyclic) bond motifs is 7. The number of hydrogen-bond donors (Lipinski definition) is 0. The van der Waals surface area contributed by atoms with Gasteiger partial charge < -0.3 is 9.32 Å². The number of benzene rings is 9. The van der Waals surface area contributed by atoms with E-state index < -0.39 is 0 Å². The summed E-state index contributed by atoms with van der Waals surface area (Å²) in [4.78, 5) is 2.45. The second-order valence-corrected chi connectivity index (χ2v) is 15.2. The fourth-order valence-electron chi connectivity index (χ4n) is 8.30. The molecule has 0 aliphatic rings. The molecule has 55 heavy (non-hydrogen) atoms. The fraction of sp³-hybridized carbons (Fsp3) is 0. The van der Waals surface area contributed by atoms with Crippen LogP contribution in [0, 0.1) is 0 Å². The molecule has 0 radical (unpaired) electrons. The molecule has 0 amide bonds. The van der Waals surface area contributed by atoms with Crippen LogP contribution in [-0.4, -0.2) is 0 Å². The summed E-state index contributed by atoms with van der Waals surface area (Å²) in [5.74, 6) is 0. The van der Waals surface area contributed by atoms with Crippen molar-refractivity contribution in [2.45, 2.75) is 0 Å². The molecule has 0 aliphatic heterocycles. The molecule has 2 aromatic heterocycles. The number of thiophene rings is 1. The summed E-state index contributed by atoms with van der Waals surface area (Å²) in [6.45, 7) is 0. The summed E-state index contributed by atoms with van der Waals surface area (Å²) in [6, 6.07) is 72.3. The zero-order valence-corrected chi connectivity index (χ0v) is 30.6. The molecule has 3 heteroatoms. The largest absolute Gasteiger partial charge is 0.456 e. The first-order valence-corrected chi connectivity index (χ1v) is 19.5. The molecule has 0 fully saturated rings. The van der Waals surface area contributed by atoms with E-state index in [1.807, 2.05) is 17.4 Å². The molecular weight excluding hydrogens is 687 g/mol. The average Bonchev–Trinajstić information content (AvgIpc) is 3.82. The van der Waals surface area contributed by atoms with Crippen LogP contribution in [0.5, 0.6) is 0 Å². The highest BCUT2D eigenvalue weighted by Gasteiger charge is 2.23. The Morgan fingerprint density at radius 3 is 1.91 bits per heavy atom. The molecule has 258 valence electrons. The number of para-hydroxylation sites is 3. The quantitative estimate of drug-likeness (QED) is 0.170. The van der Waals surface area contributed by atoms with Crippen molar-refractivity contribution < 1.29 is 4.42 Å². The third kappa shape index (κ3) is 5.32. The Bertz CT molecular complexity index is 3240. The highest BCUT2D eigenvalue weighted by atomic mass is 32.1. The topological polar surface area (TPSA) is 16.4 Å². The van der Waals surface area contributed by atoms with Crippen molar-refractivity contribution in [1.82, 2.24) is 0 Å². The molecule has 9 aromatic carbocycles. The number of rotatable bonds is 6. The molecule has 2 nitrogen and oxygen atoms in total. The fourth-order valence-corrected chi connectivity index (χ4v) is 9.45. The Hall–Kier alpha value is -6.94. The Morgan fingerprint density at radius 2 is 1.00 bits per heavy atom. The van der Waals surface area contributed by atoms with Gasteiger partial charge in [-0.2, -0.15) is 0 Å². The minimum Gasteiger partial charge on any atom is -0.456 e. The summed E-state index contributed by atoms with van der Waals surface area (Å²) in [5, 5.41) is 7.31. The molecule has 0 spiro atoms. The molecule has 0 unspecified atom stereocenters. The number of hydrogen-bond acceptors (Lipinski definition) is 3. The molecule has 0 N–H and O–H groups in total. The van der Waals surface area contributed by atoms with Crippen LogP contribution in [0.15, 0.2) is 205 Å². The van der Waals surface area contributed by atoms with Gasteiger partial charge >= 0.3 is 0 Å². The van der Waals surface area contributed by atoms with Gasteiger partial charge in [0.05, 0.1) is 11.4 Å². The van der Waals surface area contributed by atoms with E-state index in [0.29, 0.717) is 0 Å². The van der Waals surface area contributed by atoms with E-state index in [9.17, 15) is 0 Å². The van der Waals surface area contributed by atoms with Gasteiger partial charge in [-0.25, -0.2) is 0 Å². The van der Waals surface area contributed by atoms with Crippen molar-refractivity contribution in [3.05, 3.63) is 200 Å². The van der Waals surface area contributed by atoms with E-state index in [-0.39, 0.29) is 0 Å². The minimum atomic E-state index is 0.884. The molecule has 11 aromatic rings. The SMILES string of the molecule is c1cc(-c2ccc3c(c2)sc2ccccc23)cc(N(c2ccccc2-c2ccc3ccccc3c2)c2ccccc2-c2cccc3oc4ccccc4c23)c1. The van der Waals surface area contributed by atoms with Crippen LogP contribution in [0.3, 0.4) is 0 Å². The van der Waals surface area contributed by atoms with Gasteiger partial charge in [-0.05, 0) is 87.6 Å². The van der Waals surface area contributed by atoms with Crippen LogP contribution >= 0.6 is 11.3 Å². The molecular formula is C52H33NOS. The molecule has 11 rings (SSSR count). The maximum absolute atomic E-state index is 6.40. The second kappa shape index (κ2) is 12.9. The summed E-state index contributed by atoms with van der Waals surface area (Å²) in [6.07, 6.45) is 0. The molecule has 0 saturated heterocycles. The van der Waals surface area contributed by atoms with E-state index in [1.54, 1.807) is 0 Å². The van der Waals surface area contributed by atoms with Crippen LogP contribution in [0.1, 0.15) is 0 Å². The lowest BCUT2D eigenvalue weighted by Gasteiger charge is -2.30. The summed E-state index contributed by atoms with van der Waals surface area (Å²) < 4.78 is 9.01. The van der Waals surface area contributed by atoms with Gasteiger partial charge in [-0.15, -0.1) is 11.3 Å². The summed E-state index contributed by atoms with van der Waals surface area (Å²) >= 11 is 1.86. The standard InChI is InChI=1S/C52H33NOS/c1-2-14-35-31-38(28-27-34(35)13-1)40-17-3-7-22-46(40)53(39-16-11-15-36(32-39)37-29-30-43-42-19-6-10-26-50(42)55-51(43)33-37)47-23-8-4-18-41(47)44-21-12-25-49-52(44)45-20-5-9-24-48(45)54-49/h1-33H. The normalized spacial score (nSPS) is 11.6. The Labute approximate surface area is 322 Å². The average molecular weight is 720 g/mol. The number of nitrogens with zero attached hydrogens (tertiary/aromatic N) is 1. The monoisotopic (exact) mass is 719 g/mol. The maximum atomic E-state index is 6.40. The van der Waals surface area contributed by atoms with E-state index in [4.69, 9.17) is 4.42 Å². The second-order valence-electron chi connectivity index (χ2n) is 14.1. The lowest BCUT2D eigenvalue weighted by atomic mass is 9.95. The highest BCUT2D eigenvalue weighted by Crippen LogP contribution is 2.48. The van der Waals surface area contributed by atoms with Crippen molar-refractivity contribution in [2.24, 2.45) is 0 Å². The van der Waals surface area contributed by atoms with Crippen LogP contribution in [-0.2, 0) is 0 Å². The van der Waals surface area contributed by atoms with Crippen molar-refractivity contribution >= 4 is 81.3 Å².